The van der Waals surface area contributed by atoms with Crippen LogP contribution in [0.1, 0.15) is 36.3 Å². The number of halogens is 3. The Morgan fingerprint density at radius 1 is 1.29 bits per heavy atom. The molecule has 1 N–H and O–H groups in total. The van der Waals surface area contributed by atoms with E-state index in [1.165, 1.54) is 6.07 Å². The summed E-state index contributed by atoms with van der Waals surface area (Å²) >= 11 is 0. The van der Waals surface area contributed by atoms with Crippen molar-refractivity contribution in [2.45, 2.75) is 37.4 Å². The number of alkyl halides is 3. The molecule has 0 aromatic heterocycles. The van der Waals surface area contributed by atoms with Crippen molar-refractivity contribution >= 4 is 11.7 Å². The Balaban J connectivity index is 1.68. The van der Waals surface area contributed by atoms with Gasteiger partial charge in [0.2, 0.25) is 5.91 Å². The maximum atomic E-state index is 12.8. The average molecular weight is 336 g/mol. The number of rotatable bonds is 5. The molecular weight excluding hydrogens is 321 g/mol. The molecule has 1 aromatic rings. The third-order valence-corrected chi connectivity index (χ3v) is 4.40. The largest absolute Gasteiger partial charge is 0.416 e. The summed E-state index contributed by atoms with van der Waals surface area (Å²) in [4.78, 5) is 24.3. The number of hydrogen-bond donors (Lipinski definition) is 1. The van der Waals surface area contributed by atoms with Crippen LogP contribution in [0.25, 0.3) is 0 Å². The second kappa shape index (κ2) is 5.93. The molecule has 0 saturated heterocycles. The number of ketones is 1. The smallest absolute Gasteiger partial charge is 0.352 e. The van der Waals surface area contributed by atoms with E-state index in [2.05, 4.69) is 5.32 Å². The first-order chi connectivity index (χ1) is 11.3. The minimum Gasteiger partial charge on any atom is -0.352 e. The van der Waals surface area contributed by atoms with Crippen molar-refractivity contribution in [2.24, 2.45) is 11.8 Å². The highest BCUT2D eigenvalue weighted by molar-refractivity contribution is 6.06. The molecule has 0 aliphatic heterocycles. The third-order valence-electron chi connectivity index (χ3n) is 4.40. The van der Waals surface area contributed by atoms with E-state index in [4.69, 9.17) is 5.26 Å². The second-order valence-electron chi connectivity index (χ2n) is 6.32. The monoisotopic (exact) mass is 336 g/mol. The normalized spacial score (nSPS) is 23.9. The first kappa shape index (κ1) is 16.5. The molecule has 0 spiro atoms. The van der Waals surface area contributed by atoms with Gasteiger partial charge in [0.25, 0.3) is 0 Å². The van der Waals surface area contributed by atoms with Gasteiger partial charge in [-0.1, -0.05) is 18.2 Å². The van der Waals surface area contributed by atoms with Crippen LogP contribution >= 0.6 is 0 Å². The second-order valence-corrected chi connectivity index (χ2v) is 6.32. The molecule has 2 saturated carbocycles. The molecule has 3 atom stereocenters. The van der Waals surface area contributed by atoms with Crippen LogP contribution in [0.2, 0.25) is 0 Å². The van der Waals surface area contributed by atoms with Crippen LogP contribution in [0.3, 0.4) is 0 Å². The quantitative estimate of drug-likeness (QED) is 0.841. The molecule has 0 heterocycles. The summed E-state index contributed by atoms with van der Waals surface area (Å²) < 4.78 is 38.3. The van der Waals surface area contributed by atoms with Crippen LogP contribution in [-0.2, 0) is 15.8 Å². The molecule has 3 rings (SSSR count). The van der Waals surface area contributed by atoms with Gasteiger partial charge in [-0.15, -0.1) is 0 Å². The number of carbonyl (C=O) groups excluding carboxylic acids is 2. The molecule has 1 aromatic carbocycles. The molecule has 4 nitrogen and oxygen atoms in total. The van der Waals surface area contributed by atoms with Gasteiger partial charge in [-0.25, -0.2) is 0 Å². The van der Waals surface area contributed by atoms with Gasteiger partial charge < -0.3 is 5.32 Å². The van der Waals surface area contributed by atoms with Crippen molar-refractivity contribution in [1.82, 2.24) is 5.32 Å². The maximum absolute atomic E-state index is 12.8. The molecule has 2 fully saturated rings. The third kappa shape index (κ3) is 3.42. The Kier molecular flexibility index (Phi) is 4.08. The minimum atomic E-state index is -4.44. The summed E-state index contributed by atoms with van der Waals surface area (Å²) in [5.74, 6) is -3.41. The van der Waals surface area contributed by atoms with Crippen molar-refractivity contribution in [2.75, 3.05) is 0 Å². The molecule has 7 heteroatoms. The first-order valence-electron chi connectivity index (χ1n) is 7.72. The van der Waals surface area contributed by atoms with Crippen molar-refractivity contribution in [3.63, 3.8) is 0 Å². The first-order valence-corrected chi connectivity index (χ1v) is 7.72. The number of amides is 1. The Morgan fingerprint density at radius 3 is 2.58 bits per heavy atom. The average Bonchev–Trinajstić information content (AvgIpc) is 3.41. The van der Waals surface area contributed by atoms with Crippen LogP contribution in [-0.4, -0.2) is 17.7 Å². The van der Waals surface area contributed by atoms with Gasteiger partial charge in [0.1, 0.15) is 0 Å². The zero-order valence-electron chi connectivity index (χ0n) is 12.6. The van der Waals surface area contributed by atoms with E-state index in [1.807, 2.05) is 0 Å². The fourth-order valence-corrected chi connectivity index (χ4v) is 2.80. The van der Waals surface area contributed by atoms with Crippen LogP contribution in [0.5, 0.6) is 0 Å². The van der Waals surface area contributed by atoms with Gasteiger partial charge in [0.05, 0.1) is 11.6 Å². The van der Waals surface area contributed by atoms with Crippen LogP contribution in [0.15, 0.2) is 24.3 Å². The van der Waals surface area contributed by atoms with Crippen LogP contribution < -0.4 is 5.32 Å². The van der Waals surface area contributed by atoms with Crippen molar-refractivity contribution in [1.29, 1.82) is 5.26 Å². The van der Waals surface area contributed by atoms with Gasteiger partial charge in [0, 0.05) is 12.0 Å². The van der Waals surface area contributed by atoms with Gasteiger partial charge >= 0.3 is 6.18 Å². The number of benzene rings is 1. The highest BCUT2D eigenvalue weighted by atomic mass is 19.4. The van der Waals surface area contributed by atoms with E-state index >= 15 is 0 Å². The molecule has 126 valence electrons. The summed E-state index contributed by atoms with van der Waals surface area (Å²) in [5, 5.41) is 11.7. The van der Waals surface area contributed by atoms with Crippen molar-refractivity contribution in [3.05, 3.63) is 35.4 Å². The Hall–Kier alpha value is -2.36. The Labute approximate surface area is 136 Å². The zero-order valence-corrected chi connectivity index (χ0v) is 12.6. The molecule has 3 unspecified atom stereocenters. The van der Waals surface area contributed by atoms with E-state index in [1.54, 1.807) is 12.1 Å². The summed E-state index contributed by atoms with van der Waals surface area (Å²) in [6, 6.07) is 6.62. The predicted molar refractivity (Wildman–Crippen MR) is 77.6 cm³/mol. The highest BCUT2D eigenvalue weighted by Gasteiger charge is 2.48. The summed E-state index contributed by atoms with van der Waals surface area (Å²) in [5.41, 5.74) is -0.344. The lowest BCUT2D eigenvalue weighted by Crippen LogP contribution is -2.36. The molecular formula is C17H15F3N2O2. The SMILES string of the molecule is N#CC(C(=O)NC1CC1)C(=O)C1CC1c1cccc(C(F)(F)F)c1. The zero-order chi connectivity index (χ0) is 17.5. The van der Waals surface area contributed by atoms with Gasteiger partial charge in [-0.2, -0.15) is 18.4 Å². The molecule has 0 bridgehead atoms. The fraction of sp³-hybridized carbons (Fsp3) is 0.471. The van der Waals surface area contributed by atoms with Crippen molar-refractivity contribution in [3.8, 4) is 6.07 Å². The fourth-order valence-electron chi connectivity index (χ4n) is 2.80. The summed E-state index contributed by atoms with van der Waals surface area (Å²) in [6.45, 7) is 0. The van der Waals surface area contributed by atoms with Gasteiger partial charge in [0.15, 0.2) is 11.7 Å². The van der Waals surface area contributed by atoms with E-state index in [0.29, 0.717) is 12.0 Å². The Bertz CT molecular complexity index is 719. The van der Waals surface area contributed by atoms with Crippen LogP contribution in [0.4, 0.5) is 13.2 Å². The van der Waals surface area contributed by atoms with Crippen LogP contribution in [0, 0.1) is 23.2 Å². The molecule has 24 heavy (non-hydrogen) atoms. The lowest BCUT2D eigenvalue weighted by molar-refractivity contribution is -0.137. The number of carbonyl (C=O) groups is 2. The summed E-state index contributed by atoms with van der Waals surface area (Å²) in [7, 11) is 0. The standard InChI is InChI=1S/C17H15F3N2O2/c18-17(19,20)10-3-1-2-9(6-10)12-7-13(12)15(23)14(8-21)16(24)22-11-4-5-11/h1-3,6,11-14H,4-5,7H2,(H,22,24). The predicted octanol–water partition coefficient (Wildman–Crippen LogP) is 2.80. The number of Topliss-reactive ketones (excluding diaryl/α,β-unsaturated/α-hetero) is 1. The van der Waals surface area contributed by atoms with E-state index in [0.717, 1.165) is 25.0 Å². The minimum absolute atomic E-state index is 0.0413. The number of nitrogens with zero attached hydrogens (tertiary/aromatic N) is 1. The Morgan fingerprint density at radius 2 is 2.00 bits per heavy atom. The maximum Gasteiger partial charge on any atom is 0.416 e. The lowest BCUT2D eigenvalue weighted by atomic mass is 9.97. The molecule has 2 aliphatic rings. The molecule has 1 amide bonds. The number of nitriles is 1. The number of hydrogen-bond acceptors (Lipinski definition) is 3. The topological polar surface area (TPSA) is 70.0 Å². The molecule has 0 radical (unpaired) electrons. The lowest BCUT2D eigenvalue weighted by Gasteiger charge is -2.10. The van der Waals surface area contributed by atoms with Gasteiger partial charge in [-0.05, 0) is 36.8 Å². The van der Waals surface area contributed by atoms with E-state index < -0.39 is 35.3 Å². The van der Waals surface area contributed by atoms with Gasteiger partial charge in [-0.3, -0.25) is 9.59 Å². The van der Waals surface area contributed by atoms with E-state index in [9.17, 15) is 22.8 Å². The molecule has 2 aliphatic carbocycles. The van der Waals surface area contributed by atoms with E-state index in [-0.39, 0.29) is 12.0 Å². The highest BCUT2D eigenvalue weighted by Crippen LogP contribution is 2.49. The summed E-state index contributed by atoms with van der Waals surface area (Å²) in [6.07, 6.45) is -2.39. The van der Waals surface area contributed by atoms with Crippen molar-refractivity contribution < 1.29 is 22.8 Å². The number of nitrogens with one attached hydrogen (secondary N) is 1.